The lowest BCUT2D eigenvalue weighted by atomic mass is 10.1. The van der Waals surface area contributed by atoms with E-state index in [0.29, 0.717) is 12.5 Å². The van der Waals surface area contributed by atoms with Crippen molar-refractivity contribution in [3.63, 3.8) is 0 Å². The summed E-state index contributed by atoms with van der Waals surface area (Å²) >= 11 is 0. The first-order chi connectivity index (χ1) is 20.7. The van der Waals surface area contributed by atoms with E-state index in [1.165, 1.54) is 18.4 Å². The Morgan fingerprint density at radius 3 is 1.73 bits per heavy atom. The molecule has 1 unspecified atom stereocenters. The van der Waals surface area contributed by atoms with E-state index < -0.39 is 35.8 Å². The maximum Gasteiger partial charge on any atom is 0.414 e. The van der Waals surface area contributed by atoms with Gasteiger partial charge in [-0.05, 0) is 55.8 Å². The number of likely N-dealkylation sites (tertiary alicyclic amines) is 1. The van der Waals surface area contributed by atoms with E-state index in [4.69, 9.17) is 69.1 Å². The summed E-state index contributed by atoms with van der Waals surface area (Å²) in [7, 11) is 2.02. The van der Waals surface area contributed by atoms with Crippen LogP contribution in [0.25, 0.3) is 0 Å². The summed E-state index contributed by atoms with van der Waals surface area (Å²) in [6, 6.07) is 15.1. The highest BCUT2D eigenvalue weighted by atomic mass is 16.5. The molecule has 2 heterocycles. The third kappa shape index (κ3) is 16.7. The average molecular weight is 623 g/mol. The highest BCUT2D eigenvalue weighted by Gasteiger charge is 2.25. The van der Waals surface area contributed by atoms with E-state index in [-0.39, 0.29) is 0 Å². The summed E-state index contributed by atoms with van der Waals surface area (Å²) in [5.41, 5.74) is 2.41. The van der Waals surface area contributed by atoms with Crippen molar-refractivity contribution >= 4 is 41.5 Å². The fraction of sp³-hybridized carbons (Fsp3) is 0.370. The molecule has 17 nitrogen and oxygen atoms in total. The van der Waals surface area contributed by atoms with Gasteiger partial charge < -0.3 is 45.3 Å². The quantitative estimate of drug-likeness (QED) is 0.192. The molecule has 240 valence electrons. The minimum absolute atomic E-state index is 0.309. The monoisotopic (exact) mass is 622 g/mol. The van der Waals surface area contributed by atoms with Crippen molar-refractivity contribution in [2.45, 2.75) is 31.8 Å². The van der Waals surface area contributed by atoms with Crippen molar-refractivity contribution in [3.05, 3.63) is 54.0 Å². The topological polar surface area (TPSA) is 279 Å². The van der Waals surface area contributed by atoms with Gasteiger partial charge in [0, 0.05) is 32.4 Å². The number of furan rings is 1. The largest absolute Gasteiger partial charge is 0.473 e. The molecule has 17 heteroatoms. The zero-order chi connectivity index (χ0) is 33.7. The molecule has 0 spiro atoms. The predicted molar refractivity (Wildman–Crippen MR) is 150 cm³/mol. The molecule has 1 aliphatic heterocycles. The van der Waals surface area contributed by atoms with Crippen LogP contribution in [0.4, 0.5) is 5.69 Å². The smallest absolute Gasteiger partial charge is 0.414 e. The number of carbonyl (C=O) groups is 6. The summed E-state index contributed by atoms with van der Waals surface area (Å²) < 4.78 is 5.68. The fourth-order valence-corrected chi connectivity index (χ4v) is 3.51. The number of rotatable bonds is 9. The van der Waals surface area contributed by atoms with Crippen molar-refractivity contribution in [2.24, 2.45) is 0 Å². The summed E-state index contributed by atoms with van der Waals surface area (Å²) in [5, 5.41) is 56.6. The molecular formula is C27H34N4O13. The fourth-order valence-electron chi connectivity index (χ4n) is 3.51. The predicted octanol–water partition coefficient (Wildman–Crippen LogP) is 1.02. The average Bonchev–Trinajstić information content (AvgIpc) is 3.71. The minimum atomic E-state index is -1.82. The number of nitrogens with one attached hydrogen (secondary N) is 1. The second kappa shape index (κ2) is 21.3. The lowest BCUT2D eigenvalue weighted by molar-refractivity contribution is -0.159. The summed E-state index contributed by atoms with van der Waals surface area (Å²) in [6.45, 7) is 4.78. The van der Waals surface area contributed by atoms with E-state index >= 15 is 0 Å². The molecule has 0 aliphatic carbocycles. The Labute approximate surface area is 251 Å². The van der Waals surface area contributed by atoms with Gasteiger partial charge in [0.25, 0.3) is 0 Å². The highest BCUT2D eigenvalue weighted by molar-refractivity contribution is 6.28. The van der Waals surface area contributed by atoms with Crippen LogP contribution < -0.4 is 10.2 Å². The molecule has 1 aromatic heterocycles. The van der Waals surface area contributed by atoms with Gasteiger partial charge in [0.05, 0.1) is 24.8 Å². The molecule has 0 bridgehead atoms. The highest BCUT2D eigenvalue weighted by Crippen LogP contribution is 2.25. The second-order valence-corrected chi connectivity index (χ2v) is 8.73. The Kier molecular flexibility index (Phi) is 18.6. The third-order valence-corrected chi connectivity index (χ3v) is 5.60. The Hall–Kier alpha value is -5.47. The van der Waals surface area contributed by atoms with Gasteiger partial charge in [-0.25, -0.2) is 28.8 Å². The Bertz CT molecular complexity index is 1160. The van der Waals surface area contributed by atoms with Crippen molar-refractivity contribution in [3.8, 4) is 6.07 Å². The SMILES string of the molecule is CN(CCC#N)c1ccc(CNCC(c2ccco2)N2CCCC2)cc1.O=C(O)C(=O)O.O=C(O)C(=O)O.O=C(O)C(=O)O. The lowest BCUT2D eigenvalue weighted by Crippen LogP contribution is -2.33. The van der Waals surface area contributed by atoms with Gasteiger partial charge in [-0.15, -0.1) is 0 Å². The van der Waals surface area contributed by atoms with Crippen LogP contribution in [0, 0.1) is 11.3 Å². The molecule has 1 saturated heterocycles. The maximum absolute atomic E-state index is 9.10. The molecule has 2 aromatic rings. The van der Waals surface area contributed by atoms with Gasteiger partial charge in [-0.3, -0.25) is 4.90 Å². The zero-order valence-corrected chi connectivity index (χ0v) is 23.7. The molecular weight excluding hydrogens is 588 g/mol. The standard InChI is InChI=1S/C21H28N4O.3C2H2O4/c1-24(12-5-11-22)19-9-7-18(8-10-19)16-23-17-20(21-6-4-15-26-21)25-13-2-3-14-25;3*3-1(4)2(5)6/h4,6-10,15,20,23H,2-3,5,12-14,16-17H2,1H3;3*(H,3,4)(H,5,6). The van der Waals surface area contributed by atoms with E-state index in [9.17, 15) is 0 Å². The third-order valence-electron chi connectivity index (χ3n) is 5.60. The Morgan fingerprint density at radius 2 is 1.34 bits per heavy atom. The first kappa shape index (κ1) is 38.5. The van der Waals surface area contributed by atoms with E-state index in [1.54, 1.807) is 6.26 Å². The van der Waals surface area contributed by atoms with Gasteiger partial charge >= 0.3 is 35.8 Å². The second-order valence-electron chi connectivity index (χ2n) is 8.73. The molecule has 1 atom stereocenters. The van der Waals surface area contributed by atoms with Crippen molar-refractivity contribution in [1.29, 1.82) is 5.26 Å². The molecule has 44 heavy (non-hydrogen) atoms. The van der Waals surface area contributed by atoms with Gasteiger partial charge in [0.15, 0.2) is 0 Å². The van der Waals surface area contributed by atoms with Crippen LogP contribution >= 0.6 is 0 Å². The normalized spacial score (nSPS) is 12.3. The van der Waals surface area contributed by atoms with E-state index in [0.717, 1.165) is 44.2 Å². The number of aliphatic carboxylic acids is 6. The first-order valence-electron chi connectivity index (χ1n) is 12.7. The van der Waals surface area contributed by atoms with Gasteiger partial charge in [0.2, 0.25) is 0 Å². The number of nitrogens with zero attached hydrogens (tertiary/aromatic N) is 3. The van der Waals surface area contributed by atoms with Gasteiger partial charge in [0.1, 0.15) is 5.76 Å². The summed E-state index contributed by atoms with van der Waals surface area (Å²) in [4.78, 5) is 59.2. The zero-order valence-electron chi connectivity index (χ0n) is 23.7. The van der Waals surface area contributed by atoms with Gasteiger partial charge in [-0.1, -0.05) is 12.1 Å². The van der Waals surface area contributed by atoms with Crippen LogP contribution in [0.1, 0.15) is 36.6 Å². The van der Waals surface area contributed by atoms with Gasteiger partial charge in [-0.2, -0.15) is 5.26 Å². The molecule has 7 N–H and O–H groups in total. The number of carboxylic acids is 6. The molecule has 0 saturated carbocycles. The Morgan fingerprint density at radius 1 is 0.864 bits per heavy atom. The molecule has 3 rings (SSSR count). The molecule has 0 amide bonds. The molecule has 1 aromatic carbocycles. The number of hydrogen-bond acceptors (Lipinski definition) is 11. The van der Waals surface area contributed by atoms with E-state index in [2.05, 4.69) is 51.5 Å². The Balaban J connectivity index is 0.000000839. The number of hydrogen-bond donors (Lipinski definition) is 7. The maximum atomic E-state index is 9.10. The number of nitriles is 1. The van der Waals surface area contributed by atoms with Crippen LogP contribution in [0.15, 0.2) is 47.1 Å². The van der Waals surface area contributed by atoms with Crippen molar-refractivity contribution in [1.82, 2.24) is 10.2 Å². The summed E-state index contributed by atoms with van der Waals surface area (Å²) in [6.07, 6.45) is 4.86. The number of carboxylic acid groups (broad SMARTS) is 6. The lowest BCUT2D eigenvalue weighted by Gasteiger charge is -2.26. The van der Waals surface area contributed by atoms with Crippen LogP contribution in [-0.2, 0) is 35.3 Å². The number of benzene rings is 1. The van der Waals surface area contributed by atoms with Crippen LogP contribution in [0.5, 0.6) is 0 Å². The van der Waals surface area contributed by atoms with Crippen LogP contribution in [0.3, 0.4) is 0 Å². The van der Waals surface area contributed by atoms with Crippen LogP contribution in [-0.4, -0.2) is 105 Å². The van der Waals surface area contributed by atoms with Crippen molar-refractivity contribution < 1.29 is 63.8 Å². The van der Waals surface area contributed by atoms with Crippen LogP contribution in [0.2, 0.25) is 0 Å². The molecule has 0 radical (unpaired) electrons. The first-order valence-corrected chi connectivity index (χ1v) is 12.7. The van der Waals surface area contributed by atoms with Crippen molar-refractivity contribution in [2.75, 3.05) is 38.1 Å². The minimum Gasteiger partial charge on any atom is -0.473 e. The number of anilines is 1. The molecule has 1 aliphatic rings. The van der Waals surface area contributed by atoms with E-state index in [1.807, 2.05) is 13.1 Å². The summed E-state index contributed by atoms with van der Waals surface area (Å²) in [5.74, 6) is -9.89. The molecule has 1 fully saturated rings.